The van der Waals surface area contributed by atoms with Crippen LogP contribution >= 0.6 is 11.3 Å². The molecule has 3 aliphatic carbocycles. The van der Waals surface area contributed by atoms with Crippen molar-refractivity contribution in [3.05, 3.63) is 343 Å². The number of hydrogen-bond acceptors (Lipinski definition) is 11. The van der Waals surface area contributed by atoms with Gasteiger partial charge in [-0.3, -0.25) is 0 Å². The molecule has 0 saturated heterocycles. The second kappa shape index (κ2) is 24.8. The first kappa shape index (κ1) is 67.1. The molecule has 0 bridgehead atoms. The third-order valence-corrected chi connectivity index (χ3v) is 26.2. The second-order valence-corrected chi connectivity index (χ2v) is 33.9. The number of furan rings is 4. The summed E-state index contributed by atoms with van der Waals surface area (Å²) in [5, 5.41) is 12.3. The number of oxazole rings is 1. The van der Waals surface area contributed by atoms with E-state index in [9.17, 15) is 0 Å². The van der Waals surface area contributed by atoms with Crippen molar-refractivity contribution < 1.29 is 22.1 Å². The Hall–Kier alpha value is -14.4. The van der Waals surface area contributed by atoms with Crippen LogP contribution in [0.4, 0.5) is 0 Å². The van der Waals surface area contributed by atoms with Crippen molar-refractivity contribution in [3.8, 4) is 90.1 Å². The van der Waals surface area contributed by atoms with E-state index in [2.05, 4.69) is 278 Å². The molecular formula is C106H69N5O5S. The average Bonchev–Trinajstić information content (AvgIpc) is 1.56. The SMILES string of the molecule is CC1(C)c2cc3c(cc2-c2cccc(-c4nc5ccccc5o4)c21)oc1ccccc13.CC1(C)c2ccccc2-c2ccc3c(oc4cc(-c5nc(-c6ccc7ccccc7c6)c6sc7ccccc7c6n5)ccc43)c21.CC1(C)c2ccccc2-c2ccc3c(oc4cc(-c5nc(-c6ccccc6)c6c(n5)oc5ccccc56)ccc43)c21. The Morgan fingerprint density at radius 2 is 0.795 bits per heavy atom. The minimum atomic E-state index is -0.186. The lowest BCUT2D eigenvalue weighted by atomic mass is 9.80. The molecule has 0 saturated carbocycles. The number of thiophene rings is 1. The van der Waals surface area contributed by atoms with Gasteiger partial charge in [0.2, 0.25) is 11.6 Å². The second-order valence-electron chi connectivity index (χ2n) is 32.8. The van der Waals surface area contributed by atoms with Crippen LogP contribution in [0.2, 0.25) is 0 Å². The first-order valence-corrected chi connectivity index (χ1v) is 40.6. The van der Waals surface area contributed by atoms with Gasteiger partial charge in [-0.25, -0.2) is 19.9 Å². The van der Waals surface area contributed by atoms with Gasteiger partial charge in [-0.1, -0.05) is 260 Å². The lowest BCUT2D eigenvalue weighted by molar-refractivity contribution is 0.610. The van der Waals surface area contributed by atoms with E-state index in [1.807, 2.05) is 72.8 Å². The van der Waals surface area contributed by atoms with Gasteiger partial charge >= 0.3 is 0 Å². The number of aromatic nitrogens is 5. The molecule has 15 aromatic carbocycles. The number of para-hydroxylation sites is 4. The van der Waals surface area contributed by atoms with Crippen molar-refractivity contribution in [1.82, 2.24) is 24.9 Å². The van der Waals surface area contributed by atoms with Crippen LogP contribution in [0.3, 0.4) is 0 Å². The fourth-order valence-electron chi connectivity index (χ4n) is 19.5. The average molecular weight is 1520 g/mol. The normalized spacial score (nSPS) is 13.9. The molecule has 23 aromatic rings. The van der Waals surface area contributed by atoms with Gasteiger partial charge in [-0.2, -0.15) is 4.98 Å². The van der Waals surface area contributed by atoms with E-state index in [1.165, 1.54) is 87.6 Å². The van der Waals surface area contributed by atoms with Crippen molar-refractivity contribution in [1.29, 1.82) is 0 Å². The molecule has 0 N–H and O–H groups in total. The lowest BCUT2D eigenvalue weighted by Gasteiger charge is -2.23. The minimum absolute atomic E-state index is 0.148. The largest absolute Gasteiger partial charge is 0.456 e. The van der Waals surface area contributed by atoms with Gasteiger partial charge in [0.05, 0.1) is 27.0 Å². The minimum Gasteiger partial charge on any atom is -0.456 e. The van der Waals surface area contributed by atoms with Crippen LogP contribution in [0.25, 0.3) is 220 Å². The molecule has 10 nitrogen and oxygen atoms in total. The lowest BCUT2D eigenvalue weighted by Crippen LogP contribution is -2.16. The third kappa shape index (κ3) is 9.99. The van der Waals surface area contributed by atoms with E-state index in [1.54, 1.807) is 11.3 Å². The van der Waals surface area contributed by atoms with E-state index in [4.69, 9.17) is 47.0 Å². The Balaban J connectivity index is 0.000000102. The Labute approximate surface area is 674 Å². The zero-order valence-corrected chi connectivity index (χ0v) is 65.4. The molecule has 26 rings (SSSR count). The smallest absolute Gasteiger partial charge is 0.231 e. The summed E-state index contributed by atoms with van der Waals surface area (Å²) in [5.41, 5.74) is 31.2. The number of hydrogen-bond donors (Lipinski definition) is 0. The van der Waals surface area contributed by atoms with Crippen molar-refractivity contribution >= 4 is 141 Å². The molecule has 0 radical (unpaired) electrons. The molecule has 554 valence electrons. The first-order valence-electron chi connectivity index (χ1n) is 39.8. The highest BCUT2D eigenvalue weighted by molar-refractivity contribution is 7.26. The summed E-state index contributed by atoms with van der Waals surface area (Å²) in [7, 11) is 0. The molecule has 0 aliphatic heterocycles. The van der Waals surface area contributed by atoms with Crippen LogP contribution < -0.4 is 0 Å². The van der Waals surface area contributed by atoms with Crippen LogP contribution in [0, 0.1) is 0 Å². The van der Waals surface area contributed by atoms with Crippen molar-refractivity contribution in [2.24, 2.45) is 0 Å². The predicted octanol–water partition coefficient (Wildman–Crippen LogP) is 29.2. The number of benzene rings is 15. The summed E-state index contributed by atoms with van der Waals surface area (Å²) in [6.45, 7) is 13.8. The Morgan fingerprint density at radius 1 is 0.274 bits per heavy atom. The summed E-state index contributed by atoms with van der Waals surface area (Å²) >= 11 is 1.76. The number of rotatable bonds is 5. The molecule has 0 fully saturated rings. The molecular weight excluding hydrogens is 1460 g/mol. The van der Waals surface area contributed by atoms with Crippen LogP contribution in [-0.2, 0) is 16.2 Å². The fourth-order valence-corrected chi connectivity index (χ4v) is 20.7. The van der Waals surface area contributed by atoms with E-state index in [0.29, 0.717) is 23.3 Å². The molecule has 3 aliphatic rings. The summed E-state index contributed by atoms with van der Waals surface area (Å²) in [5.74, 6) is 1.98. The van der Waals surface area contributed by atoms with Gasteiger partial charge in [0, 0.05) is 103 Å². The first-order chi connectivity index (χ1) is 57.2. The van der Waals surface area contributed by atoms with E-state index in [0.717, 1.165) is 143 Å². The van der Waals surface area contributed by atoms with Crippen molar-refractivity contribution in [2.75, 3.05) is 0 Å². The quantitative estimate of drug-likeness (QED) is 0.164. The van der Waals surface area contributed by atoms with Crippen LogP contribution in [-0.4, -0.2) is 24.9 Å². The summed E-state index contributed by atoms with van der Waals surface area (Å²) in [4.78, 5) is 25.3. The molecule has 0 unspecified atom stereocenters. The maximum Gasteiger partial charge on any atom is 0.231 e. The van der Waals surface area contributed by atoms with Gasteiger partial charge in [0.25, 0.3) is 0 Å². The van der Waals surface area contributed by atoms with Gasteiger partial charge in [-0.15, -0.1) is 11.3 Å². The Kier molecular flexibility index (Phi) is 14.2. The summed E-state index contributed by atoms with van der Waals surface area (Å²) in [6.07, 6.45) is 0. The van der Waals surface area contributed by atoms with Gasteiger partial charge in [0.15, 0.2) is 17.2 Å². The maximum atomic E-state index is 6.78. The molecule has 11 heteroatoms. The van der Waals surface area contributed by atoms with Crippen LogP contribution in [0.15, 0.2) is 331 Å². The zero-order valence-electron chi connectivity index (χ0n) is 64.6. The predicted molar refractivity (Wildman–Crippen MR) is 477 cm³/mol. The molecule has 117 heavy (non-hydrogen) atoms. The highest BCUT2D eigenvalue weighted by Crippen LogP contribution is 2.57. The standard InChI is InChI=1S/C41H26N2OS.C37H24N2O2.C28H19NO2/c1-41(2)32-13-7-5-11-27(32)29-19-20-30-28-18-17-26(22-33(28)44-38(30)35(29)41)40-42-36(25-16-15-23-9-3-4-10-24(23)21-25)39-37(43-40)31-12-6-8-14-34(31)45-39;1-37(2)28-14-8-6-12-23(28)25-18-19-26-24-17-16-22(20-30(24)40-34(26)32(25)37)35-38-33(21-10-4-3-5-11-21)31-27-13-7-9-15-29(27)41-36(31)39-35;1-28(2)21-14-20-16-8-3-5-12-23(16)30-25(20)15-19(21)17-9-7-10-18(26(17)28)27-29-22-11-4-6-13-24(22)31-27/h3-22H,1-2H3;3-20H,1-2H3;3-15H,1-2H3. The topological polar surface area (TPSA) is 130 Å². The monoisotopic (exact) mass is 1520 g/mol. The highest BCUT2D eigenvalue weighted by atomic mass is 32.1. The van der Waals surface area contributed by atoms with E-state index >= 15 is 0 Å². The maximum absolute atomic E-state index is 6.78. The van der Waals surface area contributed by atoms with Crippen molar-refractivity contribution in [2.45, 2.75) is 57.8 Å². The van der Waals surface area contributed by atoms with Crippen LogP contribution in [0.5, 0.6) is 0 Å². The Morgan fingerprint density at radius 3 is 1.50 bits per heavy atom. The third-order valence-electron chi connectivity index (χ3n) is 25.1. The van der Waals surface area contributed by atoms with E-state index < -0.39 is 0 Å². The van der Waals surface area contributed by atoms with Gasteiger partial charge in [0.1, 0.15) is 44.6 Å². The molecule has 0 atom stereocenters. The van der Waals surface area contributed by atoms with Crippen LogP contribution in [0.1, 0.15) is 74.9 Å². The molecule has 0 spiro atoms. The zero-order chi connectivity index (χ0) is 77.9. The molecule has 8 aromatic heterocycles. The molecule has 8 heterocycles. The van der Waals surface area contributed by atoms with E-state index in [-0.39, 0.29) is 16.2 Å². The fraction of sp³-hybridized carbons (Fsp3) is 0.0849. The molecule has 0 amide bonds. The Bertz CT molecular complexity index is 8170. The van der Waals surface area contributed by atoms with Gasteiger partial charge < -0.3 is 22.1 Å². The van der Waals surface area contributed by atoms with Gasteiger partial charge in [-0.05, 0) is 157 Å². The summed E-state index contributed by atoms with van der Waals surface area (Å²) < 4.78 is 34.4. The summed E-state index contributed by atoms with van der Waals surface area (Å²) in [6, 6.07) is 108. The number of fused-ring (bicyclic) bond motifs is 28. The van der Waals surface area contributed by atoms with Crippen molar-refractivity contribution in [3.63, 3.8) is 0 Å². The highest BCUT2D eigenvalue weighted by Gasteiger charge is 2.42. The number of nitrogens with zero attached hydrogens (tertiary/aromatic N) is 5.